The molecule has 3 rings (SSSR count). The fourth-order valence-corrected chi connectivity index (χ4v) is 3.74. The molecule has 2 aromatic heterocycles. The van der Waals surface area contributed by atoms with Gasteiger partial charge in [-0.3, -0.25) is 0 Å². The molecule has 2 N–H and O–H groups in total. The summed E-state index contributed by atoms with van der Waals surface area (Å²) in [5.41, 5.74) is 1.79. The summed E-state index contributed by atoms with van der Waals surface area (Å²) >= 11 is 9.13. The Morgan fingerprint density at radius 3 is 2.77 bits per heavy atom. The predicted molar refractivity (Wildman–Crippen MR) is 91.8 cm³/mol. The summed E-state index contributed by atoms with van der Waals surface area (Å²) in [4.78, 5) is 13.1. The van der Waals surface area contributed by atoms with Gasteiger partial charge in [0, 0.05) is 12.3 Å². The van der Waals surface area contributed by atoms with Gasteiger partial charge < -0.3 is 10.4 Å². The second-order valence-corrected chi connectivity index (χ2v) is 6.69. The van der Waals surface area contributed by atoms with Crippen molar-refractivity contribution in [1.29, 1.82) is 0 Å². The lowest BCUT2D eigenvalue weighted by molar-refractivity contribution is 0.311. The maximum Gasteiger partial charge on any atom is 0.191 e. The van der Waals surface area contributed by atoms with Gasteiger partial charge in [-0.1, -0.05) is 65.0 Å². The zero-order valence-corrected chi connectivity index (χ0v) is 13.9. The summed E-state index contributed by atoms with van der Waals surface area (Å²) in [6.45, 7) is 0.494. The molecule has 5 nitrogen and oxygen atoms in total. The first kappa shape index (κ1) is 15.5. The van der Waals surface area contributed by atoms with Gasteiger partial charge in [0.15, 0.2) is 21.1 Å². The minimum atomic E-state index is 0.0491. The van der Waals surface area contributed by atoms with E-state index in [-0.39, 0.29) is 6.61 Å². The van der Waals surface area contributed by atoms with Crippen molar-refractivity contribution in [2.45, 2.75) is 10.9 Å². The second kappa shape index (κ2) is 7.23. The number of fused-ring (bicyclic) bond motifs is 1. The van der Waals surface area contributed by atoms with Crippen LogP contribution in [-0.2, 0) is 5.75 Å². The largest absolute Gasteiger partial charge is 0.395 e. The first-order chi connectivity index (χ1) is 10.8. The van der Waals surface area contributed by atoms with Crippen LogP contribution in [0.4, 0.5) is 5.13 Å². The molecule has 22 heavy (non-hydrogen) atoms. The van der Waals surface area contributed by atoms with E-state index in [1.165, 1.54) is 28.7 Å². The summed E-state index contributed by atoms with van der Waals surface area (Å²) in [5.74, 6) is 0.780. The van der Waals surface area contributed by atoms with Gasteiger partial charge in [0.05, 0.1) is 6.61 Å². The van der Waals surface area contributed by atoms with Gasteiger partial charge in [-0.2, -0.15) is 4.98 Å². The Morgan fingerprint density at radius 1 is 1.18 bits per heavy atom. The van der Waals surface area contributed by atoms with Crippen molar-refractivity contribution < 1.29 is 5.11 Å². The van der Waals surface area contributed by atoms with Crippen LogP contribution < -0.4 is 5.32 Å². The highest BCUT2D eigenvalue weighted by atomic mass is 35.5. The molecule has 3 aromatic rings. The van der Waals surface area contributed by atoms with Crippen molar-refractivity contribution in [3.8, 4) is 0 Å². The Kier molecular flexibility index (Phi) is 5.09. The van der Waals surface area contributed by atoms with E-state index in [9.17, 15) is 0 Å². The fourth-order valence-electron chi connectivity index (χ4n) is 1.80. The van der Waals surface area contributed by atoms with Gasteiger partial charge in [0.2, 0.25) is 0 Å². The molecule has 0 saturated heterocycles. The molecular weight excluding hydrogens is 340 g/mol. The van der Waals surface area contributed by atoms with Crippen LogP contribution >= 0.6 is 34.7 Å². The summed E-state index contributed by atoms with van der Waals surface area (Å²) in [5, 5.41) is 13.6. The van der Waals surface area contributed by atoms with Crippen molar-refractivity contribution in [3.63, 3.8) is 0 Å². The highest BCUT2D eigenvalue weighted by Crippen LogP contribution is 2.32. The molecule has 0 radical (unpaired) electrons. The van der Waals surface area contributed by atoms with E-state index in [1.807, 2.05) is 18.2 Å². The number of nitrogens with zero attached hydrogens (tertiary/aromatic N) is 3. The summed E-state index contributed by atoms with van der Waals surface area (Å²) in [6.07, 6.45) is 0. The predicted octanol–water partition coefficient (Wildman–Crippen LogP) is 3.44. The Bertz CT molecular complexity index is 766. The number of aromatic nitrogens is 3. The molecule has 1 aromatic carbocycles. The van der Waals surface area contributed by atoms with E-state index in [0.717, 1.165) is 10.5 Å². The van der Waals surface area contributed by atoms with E-state index in [2.05, 4.69) is 32.4 Å². The van der Waals surface area contributed by atoms with E-state index >= 15 is 0 Å². The molecule has 0 atom stereocenters. The van der Waals surface area contributed by atoms with Gasteiger partial charge >= 0.3 is 0 Å². The zero-order chi connectivity index (χ0) is 15.4. The third-order valence-corrected chi connectivity index (χ3v) is 5.10. The Balaban J connectivity index is 1.79. The minimum Gasteiger partial charge on any atom is -0.395 e. The number of halogens is 1. The number of hydrogen-bond donors (Lipinski definition) is 2. The first-order valence-electron chi connectivity index (χ1n) is 6.62. The van der Waals surface area contributed by atoms with Crippen LogP contribution in [0.25, 0.3) is 10.3 Å². The van der Waals surface area contributed by atoms with Crippen molar-refractivity contribution in [1.82, 2.24) is 15.0 Å². The maximum absolute atomic E-state index is 8.84. The molecule has 0 aliphatic heterocycles. The van der Waals surface area contributed by atoms with Crippen LogP contribution in [0.2, 0.25) is 5.15 Å². The molecule has 0 saturated carbocycles. The Labute approximate surface area is 140 Å². The zero-order valence-electron chi connectivity index (χ0n) is 11.5. The Morgan fingerprint density at radius 2 is 2.00 bits per heavy atom. The fraction of sp³-hybridized carbons (Fsp3) is 0.214. The average molecular weight is 353 g/mol. The van der Waals surface area contributed by atoms with E-state index in [1.54, 1.807) is 0 Å². The molecule has 114 valence electrons. The topological polar surface area (TPSA) is 70.9 Å². The standard InChI is InChI=1S/C14H13ClN4OS2/c15-11-10-12(18-13(22-10)16-6-7-20)19-14(17-11)21-8-9-4-2-1-3-5-9/h1-5,20H,6-8H2,(H,16,17,18,19). The van der Waals surface area contributed by atoms with Crippen molar-refractivity contribution in [2.24, 2.45) is 0 Å². The average Bonchev–Trinajstić information content (AvgIpc) is 2.95. The smallest absolute Gasteiger partial charge is 0.191 e. The van der Waals surface area contributed by atoms with E-state index in [0.29, 0.717) is 27.6 Å². The summed E-state index contributed by atoms with van der Waals surface area (Å²) in [6, 6.07) is 10.1. The van der Waals surface area contributed by atoms with Crippen molar-refractivity contribution >= 4 is 50.2 Å². The number of rotatable bonds is 6. The molecule has 0 fully saturated rings. The number of anilines is 1. The lowest BCUT2D eigenvalue weighted by atomic mass is 10.2. The monoisotopic (exact) mass is 352 g/mol. The number of hydrogen-bond acceptors (Lipinski definition) is 7. The highest BCUT2D eigenvalue weighted by Gasteiger charge is 2.12. The van der Waals surface area contributed by atoms with Crippen LogP contribution in [0, 0.1) is 0 Å². The molecule has 0 aliphatic rings. The van der Waals surface area contributed by atoms with E-state index < -0.39 is 0 Å². The molecular formula is C14H13ClN4OS2. The number of thiazole rings is 1. The lowest BCUT2D eigenvalue weighted by Gasteiger charge is -2.01. The van der Waals surface area contributed by atoms with Crippen molar-refractivity contribution in [2.75, 3.05) is 18.5 Å². The van der Waals surface area contributed by atoms with Crippen LogP contribution in [0.5, 0.6) is 0 Å². The third kappa shape index (κ3) is 3.67. The Hall–Kier alpha value is -1.41. The van der Waals surface area contributed by atoms with Crippen LogP contribution in [-0.4, -0.2) is 33.2 Å². The number of aliphatic hydroxyl groups is 1. The van der Waals surface area contributed by atoms with Crippen LogP contribution in [0.1, 0.15) is 5.56 Å². The third-order valence-electron chi connectivity index (χ3n) is 2.79. The van der Waals surface area contributed by atoms with Gasteiger partial charge in [0.25, 0.3) is 0 Å². The number of benzene rings is 1. The summed E-state index contributed by atoms with van der Waals surface area (Å²) < 4.78 is 0.756. The maximum atomic E-state index is 8.84. The number of thioether (sulfide) groups is 1. The van der Waals surface area contributed by atoms with Gasteiger partial charge in [0.1, 0.15) is 4.70 Å². The van der Waals surface area contributed by atoms with Gasteiger partial charge in [-0.15, -0.1) is 0 Å². The van der Waals surface area contributed by atoms with Crippen LogP contribution in [0.15, 0.2) is 35.5 Å². The SMILES string of the molecule is OCCNc1nc2nc(SCc3ccccc3)nc(Cl)c2s1. The normalized spacial score (nSPS) is 11.0. The summed E-state index contributed by atoms with van der Waals surface area (Å²) in [7, 11) is 0. The number of aliphatic hydroxyl groups excluding tert-OH is 1. The first-order valence-corrected chi connectivity index (χ1v) is 8.80. The number of nitrogens with one attached hydrogen (secondary N) is 1. The van der Waals surface area contributed by atoms with Crippen molar-refractivity contribution in [3.05, 3.63) is 41.0 Å². The van der Waals surface area contributed by atoms with Gasteiger partial charge in [-0.05, 0) is 5.56 Å². The molecule has 8 heteroatoms. The van der Waals surface area contributed by atoms with Gasteiger partial charge in [-0.25, -0.2) is 9.97 Å². The molecule has 0 aliphatic carbocycles. The minimum absolute atomic E-state index is 0.0491. The quantitative estimate of drug-likeness (QED) is 0.402. The van der Waals surface area contributed by atoms with E-state index in [4.69, 9.17) is 16.7 Å². The molecule has 0 unspecified atom stereocenters. The molecule has 0 bridgehead atoms. The highest BCUT2D eigenvalue weighted by molar-refractivity contribution is 7.98. The second-order valence-electron chi connectivity index (χ2n) is 4.39. The molecule has 0 amide bonds. The molecule has 0 spiro atoms. The molecule has 2 heterocycles. The van der Waals surface area contributed by atoms with Crippen LogP contribution in [0.3, 0.4) is 0 Å². The lowest BCUT2D eigenvalue weighted by Crippen LogP contribution is -2.04.